The number of benzene rings is 1. The first-order chi connectivity index (χ1) is 15.0. The molecule has 32 heavy (non-hydrogen) atoms. The number of likely N-dealkylation sites (tertiary alicyclic amines) is 1. The zero-order valence-electron chi connectivity index (χ0n) is 18.5. The van der Waals surface area contributed by atoms with Crippen molar-refractivity contribution in [2.45, 2.75) is 64.1 Å². The van der Waals surface area contributed by atoms with Gasteiger partial charge < -0.3 is 10.6 Å². The van der Waals surface area contributed by atoms with E-state index in [0.717, 1.165) is 24.6 Å². The standard InChI is InChI=1S/C15H23F3N2O.C8H8FNO/c1-11-2-4-13(5-3-11)9-20(10-13)8-12(21)19-14(6-7-14)15(16,17)18;1-6-2-7(9)4-8(3-6)10-5-11/h11H,2-10H2,1H3,(H,19,21);2-5H,1H3,(H,10,11). The summed E-state index contributed by atoms with van der Waals surface area (Å²) in [6, 6.07) is 4.36. The quantitative estimate of drug-likeness (QED) is 0.509. The number of amides is 2. The maximum atomic E-state index is 12.8. The number of carbonyl (C=O) groups is 2. The third-order valence-electron chi connectivity index (χ3n) is 6.76. The summed E-state index contributed by atoms with van der Waals surface area (Å²) in [5.41, 5.74) is -0.312. The topological polar surface area (TPSA) is 61.4 Å². The van der Waals surface area contributed by atoms with Crippen LogP contribution in [0.2, 0.25) is 0 Å². The number of nitrogens with one attached hydrogen (secondary N) is 2. The number of hydrogen-bond acceptors (Lipinski definition) is 3. The molecule has 3 fully saturated rings. The number of halogens is 4. The average molecular weight is 458 g/mol. The van der Waals surface area contributed by atoms with Crippen LogP contribution in [0.3, 0.4) is 0 Å². The number of nitrogens with zero attached hydrogens (tertiary/aromatic N) is 1. The molecular weight excluding hydrogens is 426 g/mol. The summed E-state index contributed by atoms with van der Waals surface area (Å²) in [6.07, 6.45) is 1.09. The molecule has 0 bridgehead atoms. The third kappa shape index (κ3) is 5.99. The molecule has 5 nitrogen and oxygen atoms in total. The van der Waals surface area contributed by atoms with Gasteiger partial charge in [-0.05, 0) is 67.7 Å². The Kier molecular flexibility index (Phi) is 7.17. The fourth-order valence-corrected chi connectivity index (χ4v) is 4.71. The Bertz CT molecular complexity index is 803. The Morgan fingerprint density at radius 1 is 1.16 bits per heavy atom. The second-order valence-electron chi connectivity index (χ2n) is 9.74. The van der Waals surface area contributed by atoms with Crippen LogP contribution in [0.15, 0.2) is 18.2 Å². The number of aryl methyl sites for hydroxylation is 1. The minimum atomic E-state index is -4.32. The number of alkyl halides is 3. The van der Waals surface area contributed by atoms with Gasteiger partial charge in [0.15, 0.2) is 0 Å². The van der Waals surface area contributed by atoms with Gasteiger partial charge in [0.05, 0.1) is 6.54 Å². The molecule has 1 heterocycles. The summed E-state index contributed by atoms with van der Waals surface area (Å²) in [6.45, 7) is 5.87. The van der Waals surface area contributed by atoms with Gasteiger partial charge in [-0.1, -0.05) is 19.8 Å². The SMILES string of the molecule is CC1CCC2(CC1)CN(CC(=O)NC1(C(F)(F)F)CC1)C2.Cc1cc(F)cc(NC=O)c1. The van der Waals surface area contributed by atoms with Crippen LogP contribution >= 0.6 is 0 Å². The lowest BCUT2D eigenvalue weighted by Gasteiger charge is -2.53. The Morgan fingerprint density at radius 2 is 1.78 bits per heavy atom. The molecule has 2 N–H and O–H groups in total. The fourth-order valence-electron chi connectivity index (χ4n) is 4.71. The molecule has 1 saturated heterocycles. The predicted octanol–water partition coefficient (Wildman–Crippen LogP) is 4.41. The van der Waals surface area contributed by atoms with E-state index in [0.29, 0.717) is 17.5 Å². The van der Waals surface area contributed by atoms with Crippen LogP contribution in [0, 0.1) is 24.1 Å². The van der Waals surface area contributed by atoms with Crippen molar-refractivity contribution in [2.75, 3.05) is 25.0 Å². The summed E-state index contributed by atoms with van der Waals surface area (Å²) in [5.74, 6) is -0.0345. The van der Waals surface area contributed by atoms with Crippen LogP contribution in [0.4, 0.5) is 23.2 Å². The molecule has 0 atom stereocenters. The molecule has 0 radical (unpaired) electrons. The van der Waals surface area contributed by atoms with E-state index in [2.05, 4.69) is 17.6 Å². The normalized spacial score (nSPS) is 21.7. The summed E-state index contributed by atoms with van der Waals surface area (Å²) >= 11 is 0. The molecule has 2 aliphatic carbocycles. The minimum Gasteiger partial charge on any atom is -0.341 e. The van der Waals surface area contributed by atoms with Crippen LogP contribution in [0.25, 0.3) is 0 Å². The highest BCUT2D eigenvalue weighted by Gasteiger charge is 2.64. The first-order valence-corrected chi connectivity index (χ1v) is 11.0. The average Bonchev–Trinajstić information content (AvgIpc) is 3.43. The van der Waals surface area contributed by atoms with Gasteiger partial charge in [0.2, 0.25) is 12.3 Å². The third-order valence-corrected chi connectivity index (χ3v) is 6.76. The van der Waals surface area contributed by atoms with Crippen molar-refractivity contribution in [3.05, 3.63) is 29.6 Å². The number of anilines is 1. The van der Waals surface area contributed by atoms with Crippen molar-refractivity contribution < 1.29 is 27.2 Å². The van der Waals surface area contributed by atoms with Gasteiger partial charge in [0.1, 0.15) is 11.4 Å². The predicted molar refractivity (Wildman–Crippen MR) is 113 cm³/mol. The summed E-state index contributed by atoms with van der Waals surface area (Å²) < 4.78 is 50.9. The number of rotatable bonds is 5. The zero-order valence-corrected chi connectivity index (χ0v) is 18.5. The van der Waals surface area contributed by atoms with Gasteiger partial charge in [0.25, 0.3) is 0 Å². The smallest absolute Gasteiger partial charge is 0.341 e. The van der Waals surface area contributed by atoms with E-state index in [-0.39, 0.29) is 25.2 Å². The van der Waals surface area contributed by atoms with E-state index < -0.39 is 17.6 Å². The van der Waals surface area contributed by atoms with Crippen molar-refractivity contribution in [1.29, 1.82) is 0 Å². The Morgan fingerprint density at radius 3 is 2.28 bits per heavy atom. The second kappa shape index (κ2) is 9.37. The highest BCUT2D eigenvalue weighted by Crippen LogP contribution is 2.49. The van der Waals surface area contributed by atoms with E-state index in [1.54, 1.807) is 13.0 Å². The molecule has 2 amide bonds. The second-order valence-corrected chi connectivity index (χ2v) is 9.74. The highest BCUT2D eigenvalue weighted by molar-refractivity contribution is 5.79. The molecule has 1 aliphatic heterocycles. The molecule has 0 unspecified atom stereocenters. The van der Waals surface area contributed by atoms with Crippen LogP contribution in [-0.4, -0.2) is 48.6 Å². The van der Waals surface area contributed by atoms with E-state index in [9.17, 15) is 27.2 Å². The van der Waals surface area contributed by atoms with Crippen molar-refractivity contribution in [1.82, 2.24) is 10.2 Å². The molecule has 1 spiro atoms. The van der Waals surface area contributed by atoms with E-state index in [1.165, 1.54) is 37.8 Å². The van der Waals surface area contributed by atoms with Crippen molar-refractivity contribution in [2.24, 2.45) is 11.3 Å². The Labute approximate surface area is 185 Å². The van der Waals surface area contributed by atoms with Crippen LogP contribution in [0.1, 0.15) is 51.0 Å². The molecular formula is C23H31F4N3O2. The van der Waals surface area contributed by atoms with Gasteiger partial charge >= 0.3 is 6.18 Å². The Hall–Kier alpha value is -2.16. The van der Waals surface area contributed by atoms with Crippen molar-refractivity contribution in [3.8, 4) is 0 Å². The van der Waals surface area contributed by atoms with E-state index in [1.807, 2.05) is 4.90 Å². The molecule has 0 aromatic heterocycles. The zero-order chi connectivity index (χ0) is 23.6. The largest absolute Gasteiger partial charge is 0.411 e. The van der Waals surface area contributed by atoms with Gasteiger partial charge in [-0.15, -0.1) is 0 Å². The Balaban J connectivity index is 0.000000222. The molecule has 1 aromatic carbocycles. The number of carbonyl (C=O) groups excluding carboxylic acids is 2. The first-order valence-electron chi connectivity index (χ1n) is 11.0. The van der Waals surface area contributed by atoms with E-state index >= 15 is 0 Å². The van der Waals surface area contributed by atoms with E-state index in [4.69, 9.17) is 0 Å². The lowest BCUT2D eigenvalue weighted by molar-refractivity contribution is -0.171. The first kappa shape index (κ1) is 24.5. The monoisotopic (exact) mass is 457 g/mol. The highest BCUT2D eigenvalue weighted by atomic mass is 19.4. The summed E-state index contributed by atoms with van der Waals surface area (Å²) in [7, 11) is 0. The van der Waals surface area contributed by atoms with Gasteiger partial charge in [0, 0.05) is 18.8 Å². The van der Waals surface area contributed by atoms with Crippen LogP contribution in [-0.2, 0) is 9.59 Å². The van der Waals surface area contributed by atoms with Gasteiger partial charge in [-0.2, -0.15) is 13.2 Å². The maximum absolute atomic E-state index is 12.8. The van der Waals surface area contributed by atoms with Crippen molar-refractivity contribution in [3.63, 3.8) is 0 Å². The van der Waals surface area contributed by atoms with Crippen molar-refractivity contribution >= 4 is 18.0 Å². The van der Waals surface area contributed by atoms with Crippen LogP contribution < -0.4 is 10.6 Å². The molecule has 178 valence electrons. The summed E-state index contributed by atoms with van der Waals surface area (Å²) in [4.78, 5) is 23.8. The molecule has 2 saturated carbocycles. The van der Waals surface area contributed by atoms with Gasteiger partial charge in [-0.25, -0.2) is 4.39 Å². The molecule has 9 heteroatoms. The lowest BCUT2D eigenvalue weighted by Crippen LogP contribution is -2.60. The lowest BCUT2D eigenvalue weighted by atomic mass is 9.66. The fraction of sp³-hybridized carbons (Fsp3) is 0.652. The number of hydrogen-bond donors (Lipinski definition) is 2. The molecule has 3 aliphatic rings. The molecule has 1 aromatic rings. The minimum absolute atomic E-state index is 0.0179. The van der Waals surface area contributed by atoms with Gasteiger partial charge in [-0.3, -0.25) is 14.5 Å². The van der Waals surface area contributed by atoms with Crippen LogP contribution in [0.5, 0.6) is 0 Å². The maximum Gasteiger partial charge on any atom is 0.411 e. The molecule has 4 rings (SSSR count). The summed E-state index contributed by atoms with van der Waals surface area (Å²) in [5, 5.41) is 4.57.